The van der Waals surface area contributed by atoms with Crippen molar-refractivity contribution >= 4 is 26.8 Å². The summed E-state index contributed by atoms with van der Waals surface area (Å²) in [5, 5.41) is 1.25. The average molecular weight is 335 g/mol. The standard InChI is InChI=1S/C16H19BrN2O/c1-20-12-5-6-15-14(11-12)13(16(17)18-15)7-10-19-8-3-2-4-9-19/h2-3,5-6,11,18H,4,7-10H2,1H3. The molecule has 2 heterocycles. The molecule has 0 fully saturated rings. The largest absolute Gasteiger partial charge is 0.497 e. The Kier molecular flexibility index (Phi) is 4.13. The third-order valence-electron chi connectivity index (χ3n) is 3.88. The van der Waals surface area contributed by atoms with E-state index < -0.39 is 0 Å². The van der Waals surface area contributed by atoms with E-state index >= 15 is 0 Å². The first-order valence-electron chi connectivity index (χ1n) is 6.99. The third-order valence-corrected chi connectivity index (χ3v) is 4.56. The molecule has 0 unspecified atom stereocenters. The zero-order valence-corrected chi connectivity index (χ0v) is 13.2. The molecule has 0 amide bonds. The first-order chi connectivity index (χ1) is 9.78. The number of hydrogen-bond acceptors (Lipinski definition) is 2. The number of fused-ring (bicyclic) bond motifs is 1. The van der Waals surface area contributed by atoms with Gasteiger partial charge in [0.2, 0.25) is 0 Å². The summed E-state index contributed by atoms with van der Waals surface area (Å²) in [6.45, 7) is 3.33. The fourth-order valence-electron chi connectivity index (χ4n) is 2.73. The van der Waals surface area contributed by atoms with Crippen LogP contribution >= 0.6 is 15.9 Å². The van der Waals surface area contributed by atoms with Crippen LogP contribution in [-0.4, -0.2) is 36.6 Å². The highest BCUT2D eigenvalue weighted by molar-refractivity contribution is 9.10. The summed E-state index contributed by atoms with van der Waals surface area (Å²) < 4.78 is 6.42. The lowest BCUT2D eigenvalue weighted by Crippen LogP contribution is -2.29. The van der Waals surface area contributed by atoms with Crippen molar-refractivity contribution in [3.63, 3.8) is 0 Å². The van der Waals surface area contributed by atoms with Crippen LogP contribution in [0.1, 0.15) is 12.0 Å². The van der Waals surface area contributed by atoms with Crippen molar-refractivity contribution in [1.82, 2.24) is 9.88 Å². The minimum atomic E-state index is 0.908. The number of benzene rings is 1. The molecule has 3 nitrogen and oxygen atoms in total. The molecule has 1 aliphatic heterocycles. The van der Waals surface area contributed by atoms with Gasteiger partial charge in [-0.3, -0.25) is 4.90 Å². The first-order valence-corrected chi connectivity index (χ1v) is 7.78. The Morgan fingerprint density at radius 2 is 2.25 bits per heavy atom. The fourth-order valence-corrected chi connectivity index (χ4v) is 3.35. The van der Waals surface area contributed by atoms with Crippen molar-refractivity contribution in [1.29, 1.82) is 0 Å². The van der Waals surface area contributed by atoms with Gasteiger partial charge in [0.05, 0.1) is 11.7 Å². The third kappa shape index (κ3) is 2.76. The van der Waals surface area contributed by atoms with Gasteiger partial charge >= 0.3 is 0 Å². The van der Waals surface area contributed by atoms with Gasteiger partial charge in [-0.05, 0) is 52.5 Å². The van der Waals surface area contributed by atoms with Crippen LogP contribution in [0.5, 0.6) is 5.75 Å². The molecule has 106 valence electrons. The zero-order valence-electron chi connectivity index (χ0n) is 11.7. The molecule has 0 saturated heterocycles. The molecule has 0 aliphatic carbocycles. The quantitative estimate of drug-likeness (QED) is 0.862. The van der Waals surface area contributed by atoms with E-state index in [-0.39, 0.29) is 0 Å². The average Bonchev–Trinajstić information content (AvgIpc) is 2.80. The molecule has 1 aromatic heterocycles. The lowest BCUT2D eigenvalue weighted by Gasteiger charge is -2.22. The predicted octanol–water partition coefficient (Wildman–Crippen LogP) is 3.74. The Morgan fingerprint density at radius 3 is 3.00 bits per heavy atom. The second-order valence-corrected chi connectivity index (χ2v) is 5.93. The monoisotopic (exact) mass is 334 g/mol. The Labute approximate surface area is 127 Å². The number of nitrogens with zero attached hydrogens (tertiary/aromatic N) is 1. The van der Waals surface area contributed by atoms with Crippen LogP contribution in [0.3, 0.4) is 0 Å². The second-order valence-electron chi connectivity index (χ2n) is 5.14. The van der Waals surface area contributed by atoms with Crippen LogP contribution in [-0.2, 0) is 6.42 Å². The molecule has 0 saturated carbocycles. The molecule has 0 bridgehead atoms. The first kappa shape index (κ1) is 13.7. The maximum absolute atomic E-state index is 5.33. The van der Waals surface area contributed by atoms with Crippen molar-refractivity contribution in [3.8, 4) is 5.75 Å². The number of aromatic amines is 1. The van der Waals surface area contributed by atoms with Gasteiger partial charge in [0.25, 0.3) is 0 Å². The van der Waals surface area contributed by atoms with Gasteiger partial charge < -0.3 is 9.72 Å². The van der Waals surface area contributed by atoms with Crippen molar-refractivity contribution in [2.75, 3.05) is 26.7 Å². The van der Waals surface area contributed by atoms with Crippen molar-refractivity contribution in [2.45, 2.75) is 12.8 Å². The van der Waals surface area contributed by atoms with E-state index in [1.54, 1.807) is 7.11 Å². The smallest absolute Gasteiger partial charge is 0.119 e. The van der Waals surface area contributed by atoms with Gasteiger partial charge in [0.15, 0.2) is 0 Å². The Morgan fingerprint density at radius 1 is 1.35 bits per heavy atom. The van der Waals surface area contributed by atoms with Crippen molar-refractivity contribution in [2.24, 2.45) is 0 Å². The number of methoxy groups -OCH3 is 1. The van der Waals surface area contributed by atoms with Crippen LogP contribution in [0, 0.1) is 0 Å². The molecule has 0 spiro atoms. The topological polar surface area (TPSA) is 28.3 Å². The summed E-state index contributed by atoms with van der Waals surface area (Å²) in [5.41, 5.74) is 2.50. The van der Waals surface area contributed by atoms with E-state index in [1.165, 1.54) is 23.9 Å². The highest BCUT2D eigenvalue weighted by Gasteiger charge is 2.13. The van der Waals surface area contributed by atoms with E-state index in [0.29, 0.717) is 0 Å². The van der Waals surface area contributed by atoms with Gasteiger partial charge in [-0.15, -0.1) is 0 Å². The predicted molar refractivity (Wildman–Crippen MR) is 86.5 cm³/mol. The molecule has 1 aliphatic rings. The Bertz CT molecular complexity index is 633. The fraction of sp³-hybridized carbons (Fsp3) is 0.375. The number of ether oxygens (including phenoxy) is 1. The van der Waals surface area contributed by atoms with Gasteiger partial charge in [0, 0.05) is 30.5 Å². The lowest BCUT2D eigenvalue weighted by atomic mass is 10.1. The van der Waals surface area contributed by atoms with Gasteiger partial charge in [-0.25, -0.2) is 0 Å². The van der Waals surface area contributed by atoms with E-state index in [2.05, 4.69) is 50.1 Å². The molecule has 1 N–H and O–H groups in total. The maximum Gasteiger partial charge on any atom is 0.119 e. The van der Waals surface area contributed by atoms with E-state index in [0.717, 1.165) is 35.4 Å². The number of hydrogen-bond donors (Lipinski definition) is 1. The van der Waals surface area contributed by atoms with Crippen molar-refractivity contribution < 1.29 is 4.74 Å². The summed E-state index contributed by atoms with van der Waals surface area (Å²) in [6.07, 6.45) is 6.74. The maximum atomic E-state index is 5.33. The summed E-state index contributed by atoms with van der Waals surface area (Å²) in [4.78, 5) is 5.89. The number of rotatable bonds is 4. The summed E-state index contributed by atoms with van der Waals surface area (Å²) in [7, 11) is 1.71. The Hall–Kier alpha value is -1.26. The van der Waals surface area contributed by atoms with Gasteiger partial charge in [-0.2, -0.15) is 0 Å². The zero-order chi connectivity index (χ0) is 13.9. The summed E-state index contributed by atoms with van der Waals surface area (Å²) in [6, 6.07) is 6.18. The molecule has 4 heteroatoms. The SMILES string of the molecule is COc1ccc2[nH]c(Br)c(CCN3CC=CCC3)c2c1. The highest BCUT2D eigenvalue weighted by Crippen LogP contribution is 2.30. The van der Waals surface area contributed by atoms with Crippen molar-refractivity contribution in [3.05, 3.63) is 40.5 Å². The number of H-pyrrole nitrogens is 1. The number of halogens is 1. The normalized spacial score (nSPS) is 15.9. The molecule has 0 atom stereocenters. The van der Waals surface area contributed by atoms with Gasteiger partial charge in [-0.1, -0.05) is 12.2 Å². The second kappa shape index (κ2) is 6.02. The van der Waals surface area contributed by atoms with Crippen LogP contribution in [0.2, 0.25) is 0 Å². The summed E-state index contributed by atoms with van der Waals surface area (Å²) in [5.74, 6) is 0.908. The van der Waals surface area contributed by atoms with E-state index in [4.69, 9.17) is 4.74 Å². The minimum absolute atomic E-state index is 0.908. The van der Waals surface area contributed by atoms with Crippen LogP contribution in [0.15, 0.2) is 35.0 Å². The summed E-state index contributed by atoms with van der Waals surface area (Å²) >= 11 is 3.65. The van der Waals surface area contributed by atoms with Gasteiger partial charge in [0.1, 0.15) is 5.75 Å². The number of aromatic nitrogens is 1. The minimum Gasteiger partial charge on any atom is -0.497 e. The molecular weight excluding hydrogens is 316 g/mol. The molecule has 2 aromatic rings. The lowest BCUT2D eigenvalue weighted by molar-refractivity contribution is 0.303. The van der Waals surface area contributed by atoms with E-state index in [9.17, 15) is 0 Å². The Balaban J connectivity index is 1.82. The highest BCUT2D eigenvalue weighted by atomic mass is 79.9. The molecule has 3 rings (SSSR count). The molecular formula is C16H19BrN2O. The molecule has 20 heavy (non-hydrogen) atoms. The van der Waals surface area contributed by atoms with Crippen LogP contribution in [0.25, 0.3) is 10.9 Å². The number of nitrogens with one attached hydrogen (secondary N) is 1. The van der Waals surface area contributed by atoms with Crippen LogP contribution in [0.4, 0.5) is 0 Å². The van der Waals surface area contributed by atoms with E-state index in [1.807, 2.05) is 6.07 Å². The van der Waals surface area contributed by atoms with Crippen LogP contribution < -0.4 is 4.74 Å². The molecule has 0 radical (unpaired) electrons. The molecule has 1 aromatic carbocycles.